The van der Waals surface area contributed by atoms with E-state index in [1.54, 1.807) is 6.08 Å². The number of hydrogen-bond donors (Lipinski definition) is 1. The van der Waals surface area contributed by atoms with Gasteiger partial charge in [0.05, 0.1) is 6.10 Å². The maximum Gasteiger partial charge on any atom is 0.119 e. The Morgan fingerprint density at radius 2 is 1.94 bits per heavy atom. The van der Waals surface area contributed by atoms with Gasteiger partial charge in [-0.1, -0.05) is 37.6 Å². The van der Waals surface area contributed by atoms with Gasteiger partial charge in [-0.25, -0.2) is 0 Å². The summed E-state index contributed by atoms with van der Waals surface area (Å²) in [5, 5.41) is 9.99. The van der Waals surface area contributed by atoms with E-state index in [2.05, 4.69) is 18.7 Å². The Labute approximate surface area is 103 Å². The summed E-state index contributed by atoms with van der Waals surface area (Å²) in [5.41, 5.74) is 1.23. The van der Waals surface area contributed by atoms with E-state index >= 15 is 0 Å². The Morgan fingerprint density at radius 1 is 1.24 bits per heavy atom. The third-order valence-corrected chi connectivity index (χ3v) is 3.41. The van der Waals surface area contributed by atoms with Crippen LogP contribution in [-0.2, 0) is 0 Å². The van der Waals surface area contributed by atoms with Gasteiger partial charge in [0, 0.05) is 5.92 Å². The lowest BCUT2D eigenvalue weighted by Gasteiger charge is -2.27. The highest BCUT2D eigenvalue weighted by Crippen LogP contribution is 2.33. The molecule has 0 saturated heterocycles. The molecule has 1 aromatic rings. The summed E-state index contributed by atoms with van der Waals surface area (Å²) < 4.78 is 5.44. The summed E-state index contributed by atoms with van der Waals surface area (Å²) in [6.45, 7) is 4.15. The average molecular weight is 232 g/mol. The van der Waals surface area contributed by atoms with Gasteiger partial charge in [-0.3, -0.25) is 0 Å². The summed E-state index contributed by atoms with van der Waals surface area (Å²) in [6, 6.07) is 8.08. The zero-order valence-corrected chi connectivity index (χ0v) is 10.1. The molecule has 0 aromatic heterocycles. The summed E-state index contributed by atoms with van der Waals surface area (Å²) in [4.78, 5) is 0. The van der Waals surface area contributed by atoms with Crippen LogP contribution in [-0.4, -0.2) is 17.8 Å². The van der Waals surface area contributed by atoms with Crippen LogP contribution >= 0.6 is 0 Å². The van der Waals surface area contributed by atoms with E-state index in [1.807, 2.05) is 12.1 Å². The lowest BCUT2D eigenvalue weighted by atomic mass is 9.82. The first-order valence-electron chi connectivity index (χ1n) is 6.33. The minimum absolute atomic E-state index is 0.177. The normalized spacial score (nSPS) is 24.3. The van der Waals surface area contributed by atoms with Crippen molar-refractivity contribution in [3.63, 3.8) is 0 Å². The fourth-order valence-corrected chi connectivity index (χ4v) is 2.47. The van der Waals surface area contributed by atoms with Gasteiger partial charge in [0.15, 0.2) is 0 Å². The van der Waals surface area contributed by atoms with Gasteiger partial charge in [-0.05, 0) is 30.5 Å². The monoisotopic (exact) mass is 232 g/mol. The smallest absolute Gasteiger partial charge is 0.119 e. The summed E-state index contributed by atoms with van der Waals surface area (Å²) in [6.07, 6.45) is 5.95. The Morgan fingerprint density at radius 3 is 2.59 bits per heavy atom. The molecule has 1 N–H and O–H groups in total. The molecule has 17 heavy (non-hydrogen) atoms. The van der Waals surface area contributed by atoms with Crippen LogP contribution in [0.5, 0.6) is 5.75 Å². The van der Waals surface area contributed by atoms with E-state index < -0.39 is 0 Å². The van der Waals surface area contributed by atoms with Gasteiger partial charge in [0.1, 0.15) is 12.4 Å². The summed E-state index contributed by atoms with van der Waals surface area (Å²) in [5.74, 6) is 1.16. The fourth-order valence-electron chi connectivity index (χ4n) is 2.47. The predicted molar refractivity (Wildman–Crippen MR) is 69.3 cm³/mol. The highest BCUT2D eigenvalue weighted by molar-refractivity contribution is 5.30. The van der Waals surface area contributed by atoms with Gasteiger partial charge in [-0.15, -0.1) is 0 Å². The minimum atomic E-state index is -0.177. The Kier molecular flexibility index (Phi) is 4.21. The van der Waals surface area contributed by atoms with Crippen molar-refractivity contribution in [3.8, 4) is 5.75 Å². The molecule has 0 bridgehead atoms. The number of ether oxygens (including phenoxy) is 1. The number of rotatable bonds is 4. The molecule has 1 aliphatic carbocycles. The largest absolute Gasteiger partial charge is 0.490 e. The molecule has 1 aliphatic rings. The molecule has 0 spiro atoms. The van der Waals surface area contributed by atoms with Crippen molar-refractivity contribution in [2.45, 2.75) is 37.7 Å². The third kappa shape index (κ3) is 3.10. The molecular weight excluding hydrogens is 212 g/mol. The van der Waals surface area contributed by atoms with Crippen molar-refractivity contribution in [3.05, 3.63) is 42.5 Å². The molecule has 1 saturated carbocycles. The minimum Gasteiger partial charge on any atom is -0.490 e. The zero-order valence-electron chi connectivity index (χ0n) is 10.1. The number of aliphatic hydroxyl groups excluding tert-OH is 1. The van der Waals surface area contributed by atoms with Crippen LogP contribution in [0.1, 0.15) is 37.2 Å². The van der Waals surface area contributed by atoms with Crippen LogP contribution in [0.4, 0.5) is 0 Å². The number of hydrogen-bond acceptors (Lipinski definition) is 2. The molecular formula is C15H20O2. The lowest BCUT2D eigenvalue weighted by Crippen LogP contribution is -2.22. The first kappa shape index (κ1) is 12.2. The second-order valence-corrected chi connectivity index (χ2v) is 4.63. The molecule has 92 valence electrons. The van der Waals surface area contributed by atoms with E-state index in [0.29, 0.717) is 12.5 Å². The maximum absolute atomic E-state index is 9.99. The molecule has 2 heteroatoms. The van der Waals surface area contributed by atoms with Crippen LogP contribution in [0.25, 0.3) is 0 Å². The van der Waals surface area contributed by atoms with Crippen LogP contribution in [0, 0.1) is 0 Å². The second kappa shape index (κ2) is 5.87. The molecule has 0 unspecified atom stereocenters. The molecule has 1 fully saturated rings. The van der Waals surface area contributed by atoms with E-state index in [0.717, 1.165) is 25.0 Å². The average Bonchev–Trinajstić information content (AvgIpc) is 2.38. The Hall–Kier alpha value is -1.28. The van der Waals surface area contributed by atoms with Crippen molar-refractivity contribution >= 4 is 0 Å². The van der Waals surface area contributed by atoms with Crippen LogP contribution in [0.3, 0.4) is 0 Å². The molecule has 0 amide bonds. The molecule has 0 aliphatic heterocycles. The van der Waals surface area contributed by atoms with Crippen molar-refractivity contribution in [2.75, 3.05) is 6.61 Å². The SMILES string of the molecule is C=CCOc1ccc([C@@H]2CCCC[C@H]2O)cc1. The first-order valence-corrected chi connectivity index (χ1v) is 6.33. The van der Waals surface area contributed by atoms with Gasteiger partial charge in [-0.2, -0.15) is 0 Å². The van der Waals surface area contributed by atoms with Gasteiger partial charge < -0.3 is 9.84 Å². The Balaban J connectivity index is 2.03. The van der Waals surface area contributed by atoms with Crippen molar-refractivity contribution in [1.29, 1.82) is 0 Å². The van der Waals surface area contributed by atoms with E-state index in [9.17, 15) is 5.11 Å². The standard InChI is InChI=1S/C15H20O2/c1-2-11-17-13-9-7-12(8-10-13)14-5-3-4-6-15(14)16/h2,7-10,14-16H,1,3-6,11H2/t14-,15+/m0/s1. The Bertz CT molecular complexity index is 356. The van der Waals surface area contributed by atoms with E-state index in [4.69, 9.17) is 4.74 Å². The van der Waals surface area contributed by atoms with Crippen molar-refractivity contribution in [2.24, 2.45) is 0 Å². The van der Waals surface area contributed by atoms with Crippen molar-refractivity contribution < 1.29 is 9.84 Å². The second-order valence-electron chi connectivity index (χ2n) is 4.63. The third-order valence-electron chi connectivity index (χ3n) is 3.41. The van der Waals surface area contributed by atoms with Crippen LogP contribution in [0.2, 0.25) is 0 Å². The van der Waals surface area contributed by atoms with Crippen LogP contribution in [0.15, 0.2) is 36.9 Å². The topological polar surface area (TPSA) is 29.5 Å². The molecule has 1 aromatic carbocycles. The van der Waals surface area contributed by atoms with Gasteiger partial charge >= 0.3 is 0 Å². The predicted octanol–water partition coefficient (Wildman–Crippen LogP) is 3.27. The zero-order chi connectivity index (χ0) is 12.1. The highest BCUT2D eigenvalue weighted by atomic mass is 16.5. The maximum atomic E-state index is 9.99. The number of benzene rings is 1. The fraction of sp³-hybridized carbons (Fsp3) is 0.467. The first-order chi connectivity index (χ1) is 8.31. The molecule has 2 rings (SSSR count). The van der Waals surface area contributed by atoms with Crippen molar-refractivity contribution in [1.82, 2.24) is 0 Å². The number of aliphatic hydroxyl groups is 1. The van der Waals surface area contributed by atoms with E-state index in [1.165, 1.54) is 12.0 Å². The van der Waals surface area contributed by atoms with E-state index in [-0.39, 0.29) is 6.10 Å². The quantitative estimate of drug-likeness (QED) is 0.807. The summed E-state index contributed by atoms with van der Waals surface area (Å²) >= 11 is 0. The van der Waals surface area contributed by atoms with Crippen LogP contribution < -0.4 is 4.74 Å². The molecule has 2 atom stereocenters. The molecule has 0 radical (unpaired) electrons. The summed E-state index contributed by atoms with van der Waals surface area (Å²) in [7, 11) is 0. The van der Waals surface area contributed by atoms with Gasteiger partial charge in [0.25, 0.3) is 0 Å². The molecule has 0 heterocycles. The molecule has 2 nitrogen and oxygen atoms in total. The lowest BCUT2D eigenvalue weighted by molar-refractivity contribution is 0.106. The highest BCUT2D eigenvalue weighted by Gasteiger charge is 2.24. The van der Waals surface area contributed by atoms with Gasteiger partial charge in [0.2, 0.25) is 0 Å².